The van der Waals surface area contributed by atoms with Crippen molar-refractivity contribution in [2.24, 2.45) is 0 Å². The number of rotatable bonds is 16. The highest BCUT2D eigenvalue weighted by Crippen LogP contribution is 2.46. The Labute approximate surface area is 252 Å². The molecule has 0 aliphatic heterocycles. The van der Waals surface area contributed by atoms with Gasteiger partial charge in [0, 0.05) is 17.2 Å². The molecule has 5 rings (SSSR count). The summed E-state index contributed by atoms with van der Waals surface area (Å²) in [6.07, 6.45) is 17.5. The van der Waals surface area contributed by atoms with Crippen LogP contribution in [-0.2, 0) is 12.8 Å². The smallest absolute Gasteiger partial charge is 0.258 e. The molecule has 0 unspecified atom stereocenters. The number of unbranched alkanes of at least 4 members (excludes halogenated alkanes) is 10. The molecule has 0 bridgehead atoms. The van der Waals surface area contributed by atoms with Gasteiger partial charge in [-0.3, -0.25) is 4.79 Å². The fraction of sp³-hybridized carbons (Fsp3) is 0.400. The lowest BCUT2D eigenvalue weighted by Crippen LogP contribution is -2.19. The van der Waals surface area contributed by atoms with Crippen LogP contribution in [0.3, 0.4) is 0 Å². The highest BCUT2D eigenvalue weighted by molar-refractivity contribution is 5.99. The first-order valence-corrected chi connectivity index (χ1v) is 16.5. The molecule has 0 saturated heterocycles. The fourth-order valence-corrected chi connectivity index (χ4v) is 6.44. The van der Waals surface area contributed by atoms with Gasteiger partial charge in [0.05, 0.1) is 16.7 Å². The largest absolute Gasteiger partial charge is 0.859 e. The molecule has 0 heterocycles. The summed E-state index contributed by atoms with van der Waals surface area (Å²) < 4.78 is 0. The van der Waals surface area contributed by atoms with E-state index in [2.05, 4.69) is 62.4 Å². The van der Waals surface area contributed by atoms with Gasteiger partial charge in [0.15, 0.2) is 0 Å². The highest BCUT2D eigenvalue weighted by atomic mass is 16.3. The zero-order valence-electron chi connectivity index (χ0n) is 25.6. The molecule has 0 spiro atoms. The lowest BCUT2D eigenvalue weighted by molar-refractivity contribution is -0.267. The Balaban J connectivity index is 1.31. The van der Waals surface area contributed by atoms with Gasteiger partial charge in [-0.2, -0.15) is 0 Å². The average molecular weight is 559 g/mol. The van der Waals surface area contributed by atoms with E-state index in [4.69, 9.17) is 0 Å². The van der Waals surface area contributed by atoms with E-state index in [1.165, 1.54) is 88.2 Å². The van der Waals surface area contributed by atoms with Gasteiger partial charge in [-0.05, 0) is 78.0 Å². The molecule has 0 N–H and O–H groups in total. The summed E-state index contributed by atoms with van der Waals surface area (Å²) in [6.45, 7) is 4.50. The molecule has 0 amide bonds. The van der Waals surface area contributed by atoms with Crippen LogP contribution in [0.4, 0.5) is 0 Å². The third kappa shape index (κ3) is 6.75. The van der Waals surface area contributed by atoms with Crippen molar-refractivity contribution in [2.45, 2.75) is 104 Å². The van der Waals surface area contributed by atoms with E-state index in [0.29, 0.717) is 11.1 Å². The lowest BCUT2D eigenvalue weighted by Gasteiger charge is -2.18. The van der Waals surface area contributed by atoms with Crippen LogP contribution in [0.15, 0.2) is 77.6 Å². The van der Waals surface area contributed by atoms with Crippen molar-refractivity contribution < 1.29 is 5.11 Å². The molecule has 0 saturated carbocycles. The average Bonchev–Trinajstić information content (AvgIpc) is 3.42. The summed E-state index contributed by atoms with van der Waals surface area (Å²) in [4.78, 5) is 13.6. The topological polar surface area (TPSA) is 40.1 Å². The molecule has 1 aromatic rings. The SMILES string of the molecule is CCCCCCCCc1ccc2ccc(-c3c([O-])[c+](-c4ccc5ccc(CCCCCCCC)ccc4-5)c3=O)c-2cc1. The first-order valence-electron chi connectivity index (χ1n) is 16.5. The maximum Gasteiger partial charge on any atom is 0.258 e. The van der Waals surface area contributed by atoms with Crippen LogP contribution in [0.25, 0.3) is 44.5 Å². The first kappa shape index (κ1) is 30.0. The third-order valence-electron chi connectivity index (χ3n) is 9.03. The second kappa shape index (κ2) is 14.6. The van der Waals surface area contributed by atoms with E-state index in [1.54, 1.807) is 0 Å². The molecule has 2 nitrogen and oxygen atoms in total. The van der Waals surface area contributed by atoms with Crippen molar-refractivity contribution in [3.05, 3.63) is 94.1 Å². The first-order chi connectivity index (χ1) is 20.6. The Morgan fingerprint density at radius 3 is 1.57 bits per heavy atom. The molecule has 2 heteroatoms. The molecule has 42 heavy (non-hydrogen) atoms. The Kier molecular flexibility index (Phi) is 10.4. The summed E-state index contributed by atoms with van der Waals surface area (Å²) in [6, 6.07) is 25.2. The van der Waals surface area contributed by atoms with Crippen LogP contribution in [0.2, 0.25) is 0 Å². The molecular weight excluding hydrogens is 512 g/mol. The lowest BCUT2D eigenvalue weighted by atomic mass is 9.88. The molecule has 0 radical (unpaired) electrons. The van der Waals surface area contributed by atoms with Crippen molar-refractivity contribution in [1.29, 1.82) is 0 Å². The summed E-state index contributed by atoms with van der Waals surface area (Å²) in [7, 11) is 0. The Morgan fingerprint density at radius 2 is 0.976 bits per heavy atom. The number of aryl methyl sites for hydroxylation is 2. The van der Waals surface area contributed by atoms with Crippen LogP contribution in [0.5, 0.6) is 5.75 Å². The van der Waals surface area contributed by atoms with Gasteiger partial charge in [0.25, 0.3) is 5.43 Å². The van der Waals surface area contributed by atoms with Gasteiger partial charge in [-0.15, -0.1) is 0 Å². The van der Waals surface area contributed by atoms with Crippen LogP contribution in [-0.4, -0.2) is 0 Å². The Hall–Kier alpha value is -3.52. The Bertz CT molecular complexity index is 1430. The standard InChI is InChI=1S/C40H46O2/c1-3-5-7-9-11-13-15-29-17-21-31-23-27-35(33(31)25-19-29)37-39(41)38(40(37)42)36-28-24-32-22-18-30(20-26-34(32)36)16-14-12-10-8-6-4-2/h17-28H,3-16H2,1-2H3. The van der Waals surface area contributed by atoms with Crippen molar-refractivity contribution in [3.8, 4) is 50.3 Å². The monoisotopic (exact) mass is 558 g/mol. The molecule has 0 atom stereocenters. The van der Waals surface area contributed by atoms with Crippen LogP contribution in [0.1, 0.15) is 102 Å². The van der Waals surface area contributed by atoms with Crippen LogP contribution >= 0.6 is 0 Å². The normalized spacial score (nSPS) is 11.7. The molecular formula is C40H46O2. The van der Waals surface area contributed by atoms with Gasteiger partial charge in [-0.25, -0.2) is 0 Å². The molecule has 0 aromatic heterocycles. The van der Waals surface area contributed by atoms with E-state index in [9.17, 15) is 9.90 Å². The molecule has 4 aliphatic carbocycles. The van der Waals surface area contributed by atoms with Gasteiger partial charge in [-0.1, -0.05) is 121 Å². The van der Waals surface area contributed by atoms with Crippen molar-refractivity contribution in [1.82, 2.24) is 0 Å². The zero-order valence-corrected chi connectivity index (χ0v) is 25.6. The van der Waals surface area contributed by atoms with E-state index in [1.807, 2.05) is 24.3 Å². The fourth-order valence-electron chi connectivity index (χ4n) is 6.44. The minimum absolute atomic E-state index is 0.127. The molecule has 218 valence electrons. The zero-order chi connectivity index (χ0) is 29.3. The van der Waals surface area contributed by atoms with Gasteiger partial charge in [0.1, 0.15) is 5.56 Å². The van der Waals surface area contributed by atoms with Crippen molar-refractivity contribution >= 4 is 0 Å². The highest BCUT2D eigenvalue weighted by Gasteiger charge is 2.30. The van der Waals surface area contributed by atoms with Crippen LogP contribution in [0, 0.1) is 0 Å². The van der Waals surface area contributed by atoms with Gasteiger partial charge < -0.3 is 5.11 Å². The predicted octanol–water partition coefficient (Wildman–Crippen LogP) is 10.6. The molecule has 1 aromatic carbocycles. The number of fused-ring (bicyclic) bond motifs is 2. The second-order valence-corrected chi connectivity index (χ2v) is 12.2. The summed E-state index contributed by atoms with van der Waals surface area (Å²) in [5.41, 5.74) is 8.82. The molecule has 0 fully saturated rings. The second-order valence-electron chi connectivity index (χ2n) is 12.2. The van der Waals surface area contributed by atoms with E-state index in [-0.39, 0.29) is 11.2 Å². The van der Waals surface area contributed by atoms with E-state index in [0.717, 1.165) is 46.2 Å². The summed E-state index contributed by atoms with van der Waals surface area (Å²) in [5, 5.41) is 13.6. The van der Waals surface area contributed by atoms with Gasteiger partial charge in [0.2, 0.25) is 0 Å². The third-order valence-corrected chi connectivity index (χ3v) is 9.03. The maximum atomic E-state index is 13.6. The van der Waals surface area contributed by atoms with Crippen molar-refractivity contribution in [3.63, 3.8) is 0 Å². The quantitative estimate of drug-likeness (QED) is 0.0892. The minimum Gasteiger partial charge on any atom is -0.859 e. The minimum atomic E-state index is -0.127. The van der Waals surface area contributed by atoms with Gasteiger partial charge >= 0.3 is 0 Å². The maximum absolute atomic E-state index is 13.6. The number of hydrogen-bond donors (Lipinski definition) is 0. The van der Waals surface area contributed by atoms with Crippen LogP contribution < -0.4 is 10.5 Å². The Morgan fingerprint density at radius 1 is 0.524 bits per heavy atom. The van der Waals surface area contributed by atoms with Crippen molar-refractivity contribution in [2.75, 3.05) is 0 Å². The summed E-state index contributed by atoms with van der Waals surface area (Å²) in [5.74, 6) is -0.127. The van der Waals surface area contributed by atoms with E-state index < -0.39 is 0 Å². The summed E-state index contributed by atoms with van der Waals surface area (Å²) >= 11 is 0. The molecule has 4 aliphatic rings. The number of hydrogen-bond acceptors (Lipinski definition) is 2. The van der Waals surface area contributed by atoms with E-state index >= 15 is 0 Å². The predicted molar refractivity (Wildman–Crippen MR) is 177 cm³/mol.